The van der Waals surface area contributed by atoms with Crippen molar-refractivity contribution in [3.05, 3.63) is 54.0 Å². The Morgan fingerprint density at radius 2 is 1.90 bits per heavy atom. The summed E-state index contributed by atoms with van der Waals surface area (Å²) in [5.74, 6) is 2.88. The molecule has 0 saturated heterocycles. The van der Waals surface area contributed by atoms with Gasteiger partial charge in [-0.15, -0.1) is 0 Å². The molecule has 0 aliphatic heterocycles. The second kappa shape index (κ2) is 10.6. The highest BCUT2D eigenvalue weighted by atomic mass is 15.2. The number of aryl methyl sites for hydroxylation is 2. The summed E-state index contributed by atoms with van der Waals surface area (Å²) in [5, 5.41) is 6.76. The molecular formula is C23H33N7. The lowest BCUT2D eigenvalue weighted by molar-refractivity contribution is 0.624. The van der Waals surface area contributed by atoms with Crippen molar-refractivity contribution in [2.24, 2.45) is 4.99 Å². The number of pyridine rings is 1. The van der Waals surface area contributed by atoms with Crippen molar-refractivity contribution in [3.63, 3.8) is 0 Å². The smallest absolute Gasteiger partial charge is 0.191 e. The van der Waals surface area contributed by atoms with Gasteiger partial charge in [-0.25, -0.2) is 9.97 Å². The molecule has 0 atom stereocenters. The highest BCUT2D eigenvalue weighted by Gasteiger charge is 2.07. The number of nitrogens with one attached hydrogen (secondary N) is 2. The zero-order valence-corrected chi connectivity index (χ0v) is 18.5. The van der Waals surface area contributed by atoms with Gasteiger partial charge in [0.1, 0.15) is 11.6 Å². The van der Waals surface area contributed by atoms with Crippen molar-refractivity contribution >= 4 is 22.8 Å². The Morgan fingerprint density at radius 3 is 2.60 bits per heavy atom. The summed E-state index contributed by atoms with van der Waals surface area (Å²) in [5.41, 5.74) is 3.38. The van der Waals surface area contributed by atoms with Gasteiger partial charge >= 0.3 is 0 Å². The molecule has 30 heavy (non-hydrogen) atoms. The molecule has 0 aliphatic rings. The number of aliphatic imine (C=N–C) groups is 1. The second-order valence-electron chi connectivity index (χ2n) is 7.20. The minimum atomic E-state index is 0.691. The number of nitrogens with zero attached hydrogens (tertiary/aromatic N) is 5. The molecule has 2 N–H and O–H groups in total. The molecule has 3 aromatic rings. The van der Waals surface area contributed by atoms with Gasteiger partial charge in [0.15, 0.2) is 5.96 Å². The Labute approximate surface area is 179 Å². The molecule has 0 fully saturated rings. The number of imidazole rings is 1. The molecular weight excluding hydrogens is 374 g/mol. The Kier molecular flexibility index (Phi) is 7.65. The molecule has 0 spiro atoms. The van der Waals surface area contributed by atoms with Gasteiger partial charge in [0.25, 0.3) is 0 Å². The van der Waals surface area contributed by atoms with Crippen LogP contribution in [0.4, 0.5) is 5.82 Å². The fourth-order valence-corrected chi connectivity index (χ4v) is 3.58. The first-order valence-electron chi connectivity index (χ1n) is 10.7. The second-order valence-corrected chi connectivity index (χ2v) is 7.20. The zero-order valence-electron chi connectivity index (χ0n) is 18.5. The molecule has 1 aromatic carbocycles. The van der Waals surface area contributed by atoms with Crippen molar-refractivity contribution in [2.45, 2.75) is 40.3 Å². The van der Waals surface area contributed by atoms with Gasteiger partial charge < -0.3 is 20.1 Å². The summed E-state index contributed by atoms with van der Waals surface area (Å²) in [7, 11) is 1.80. The van der Waals surface area contributed by atoms with Crippen molar-refractivity contribution in [3.8, 4) is 0 Å². The number of guanidine groups is 1. The number of rotatable bonds is 9. The zero-order chi connectivity index (χ0) is 21.3. The van der Waals surface area contributed by atoms with Crippen molar-refractivity contribution in [2.75, 3.05) is 31.6 Å². The first kappa shape index (κ1) is 21.6. The number of fused-ring (bicyclic) bond motifs is 1. The number of aromatic nitrogens is 3. The minimum absolute atomic E-state index is 0.691. The molecule has 0 bridgehead atoms. The lowest BCUT2D eigenvalue weighted by Gasteiger charge is -2.19. The van der Waals surface area contributed by atoms with E-state index in [0.717, 1.165) is 61.3 Å². The molecule has 7 nitrogen and oxygen atoms in total. The summed E-state index contributed by atoms with van der Waals surface area (Å²) in [6.45, 7) is 10.7. The van der Waals surface area contributed by atoms with E-state index in [0.29, 0.717) is 6.54 Å². The van der Waals surface area contributed by atoms with Crippen LogP contribution in [-0.2, 0) is 13.1 Å². The van der Waals surface area contributed by atoms with Gasteiger partial charge in [0.2, 0.25) is 0 Å². The van der Waals surface area contributed by atoms with Crippen LogP contribution in [-0.4, -0.2) is 47.2 Å². The van der Waals surface area contributed by atoms with Crippen LogP contribution in [0.1, 0.15) is 31.7 Å². The third-order valence-corrected chi connectivity index (χ3v) is 5.28. The van der Waals surface area contributed by atoms with Crippen LogP contribution in [0.15, 0.2) is 47.6 Å². The average Bonchev–Trinajstić information content (AvgIpc) is 3.10. The molecule has 2 aromatic heterocycles. The maximum absolute atomic E-state index is 4.63. The number of hydrogen-bond donors (Lipinski definition) is 2. The topological polar surface area (TPSA) is 70.4 Å². The summed E-state index contributed by atoms with van der Waals surface area (Å²) in [6.07, 6.45) is 2.92. The number of benzene rings is 1. The van der Waals surface area contributed by atoms with Crippen LogP contribution < -0.4 is 15.5 Å². The fraction of sp³-hybridized carbons (Fsp3) is 0.435. The molecule has 0 aliphatic carbocycles. The normalized spacial score (nSPS) is 11.7. The van der Waals surface area contributed by atoms with Gasteiger partial charge in [0.05, 0.1) is 11.0 Å². The molecule has 0 unspecified atom stereocenters. The third-order valence-electron chi connectivity index (χ3n) is 5.28. The first-order chi connectivity index (χ1) is 14.7. The Balaban J connectivity index is 1.45. The van der Waals surface area contributed by atoms with Crippen LogP contribution >= 0.6 is 0 Å². The highest BCUT2D eigenvalue weighted by molar-refractivity contribution is 5.79. The third kappa shape index (κ3) is 5.28. The Morgan fingerprint density at radius 1 is 1.10 bits per heavy atom. The molecule has 0 radical (unpaired) electrons. The van der Waals surface area contributed by atoms with E-state index in [1.807, 2.05) is 12.3 Å². The van der Waals surface area contributed by atoms with Crippen LogP contribution in [0.25, 0.3) is 11.0 Å². The maximum Gasteiger partial charge on any atom is 0.191 e. The van der Waals surface area contributed by atoms with Gasteiger partial charge in [-0.2, -0.15) is 0 Å². The summed E-state index contributed by atoms with van der Waals surface area (Å²) >= 11 is 0. The predicted octanol–water partition coefficient (Wildman–Crippen LogP) is 3.34. The van der Waals surface area contributed by atoms with Gasteiger partial charge in [0, 0.05) is 46.0 Å². The predicted molar refractivity (Wildman–Crippen MR) is 125 cm³/mol. The standard InChI is InChI=1S/C23H33N7/c1-5-29(6-2)22-13-12-19(16-26-22)17-27-23(24-4)25-14-9-15-30-18(3)28-20-10-7-8-11-21(20)30/h7-8,10-13,16H,5-6,9,14-15,17H2,1-4H3,(H2,24,25,27). The number of anilines is 1. The fourth-order valence-electron chi connectivity index (χ4n) is 3.58. The van der Waals surface area contributed by atoms with Crippen molar-refractivity contribution in [1.82, 2.24) is 25.2 Å². The summed E-state index contributed by atoms with van der Waals surface area (Å²) < 4.78 is 2.27. The molecule has 160 valence electrons. The minimum Gasteiger partial charge on any atom is -0.357 e. The maximum atomic E-state index is 4.63. The molecule has 0 amide bonds. The van der Waals surface area contributed by atoms with E-state index < -0.39 is 0 Å². The van der Waals surface area contributed by atoms with Gasteiger partial charge in [-0.3, -0.25) is 4.99 Å². The SMILES string of the molecule is CCN(CC)c1ccc(CNC(=NC)NCCCn2c(C)nc3ccccc32)cn1. The van der Waals surface area contributed by atoms with Crippen LogP contribution in [0, 0.1) is 6.92 Å². The van der Waals surface area contributed by atoms with Gasteiger partial charge in [-0.1, -0.05) is 18.2 Å². The molecule has 0 saturated carbocycles. The summed E-state index contributed by atoms with van der Waals surface area (Å²) in [6, 6.07) is 12.5. The quantitative estimate of drug-likeness (QED) is 0.323. The lowest BCUT2D eigenvalue weighted by atomic mass is 10.2. The Hall–Kier alpha value is -3.09. The summed E-state index contributed by atoms with van der Waals surface area (Å²) in [4.78, 5) is 15.8. The van der Waals surface area contributed by atoms with Crippen molar-refractivity contribution in [1.29, 1.82) is 0 Å². The highest BCUT2D eigenvalue weighted by Crippen LogP contribution is 2.15. The lowest BCUT2D eigenvalue weighted by Crippen LogP contribution is -2.37. The Bertz CT molecular complexity index is 955. The largest absolute Gasteiger partial charge is 0.357 e. The van der Waals surface area contributed by atoms with Gasteiger partial charge in [-0.05, 0) is 51.0 Å². The molecule has 7 heteroatoms. The van der Waals surface area contributed by atoms with Crippen molar-refractivity contribution < 1.29 is 0 Å². The van der Waals surface area contributed by atoms with E-state index in [9.17, 15) is 0 Å². The number of hydrogen-bond acceptors (Lipinski definition) is 4. The number of para-hydroxylation sites is 2. The van der Waals surface area contributed by atoms with Crippen LogP contribution in [0.5, 0.6) is 0 Å². The van der Waals surface area contributed by atoms with E-state index >= 15 is 0 Å². The monoisotopic (exact) mass is 407 g/mol. The molecule has 2 heterocycles. The van der Waals surface area contributed by atoms with E-state index in [4.69, 9.17) is 0 Å². The first-order valence-corrected chi connectivity index (χ1v) is 10.7. The van der Waals surface area contributed by atoms with E-state index in [1.54, 1.807) is 7.05 Å². The van der Waals surface area contributed by atoms with E-state index in [-0.39, 0.29) is 0 Å². The van der Waals surface area contributed by atoms with E-state index in [1.165, 1.54) is 5.52 Å². The van der Waals surface area contributed by atoms with Crippen LogP contribution in [0.3, 0.4) is 0 Å². The van der Waals surface area contributed by atoms with E-state index in [2.05, 4.69) is 86.2 Å². The average molecular weight is 408 g/mol. The molecule has 3 rings (SSSR count). The van der Waals surface area contributed by atoms with Crippen LogP contribution in [0.2, 0.25) is 0 Å².